The van der Waals surface area contributed by atoms with E-state index in [1.807, 2.05) is 0 Å². The van der Waals surface area contributed by atoms with Crippen LogP contribution in [0.15, 0.2) is 0 Å². The summed E-state index contributed by atoms with van der Waals surface area (Å²) in [6, 6.07) is 0. The SMILES string of the molecule is CCCCCCCCCN(C)[C@@]1(OCCCCCCC)C[C@H](O)C[C@@H]1O. The fraction of sp³-hybridized carbons (Fsp3) is 1.00. The molecule has 4 nitrogen and oxygen atoms in total. The first-order valence-corrected chi connectivity index (χ1v) is 11.3. The molecule has 1 aliphatic rings. The number of ether oxygens (including phenoxy) is 1. The Labute approximate surface area is 162 Å². The molecule has 0 spiro atoms. The number of rotatable bonds is 16. The number of hydrogen-bond donors (Lipinski definition) is 2. The number of aliphatic hydroxyl groups is 2. The van der Waals surface area contributed by atoms with E-state index >= 15 is 0 Å². The van der Waals surface area contributed by atoms with Crippen molar-refractivity contribution in [2.75, 3.05) is 20.2 Å². The normalized spacial score (nSPS) is 26.1. The Morgan fingerprint density at radius 3 is 1.92 bits per heavy atom. The largest absolute Gasteiger partial charge is 0.393 e. The molecule has 3 atom stereocenters. The van der Waals surface area contributed by atoms with Gasteiger partial charge in [0.05, 0.1) is 12.2 Å². The molecule has 0 radical (unpaired) electrons. The minimum absolute atomic E-state index is 0.428. The lowest BCUT2D eigenvalue weighted by molar-refractivity contribution is -0.195. The molecule has 0 heterocycles. The Hall–Kier alpha value is -0.160. The molecule has 156 valence electrons. The second-order valence-electron chi connectivity index (χ2n) is 8.26. The summed E-state index contributed by atoms with van der Waals surface area (Å²) in [6.07, 6.45) is 14.9. The Balaban J connectivity index is 2.37. The third kappa shape index (κ3) is 8.24. The predicted octanol–water partition coefficient (Wildman–Crippen LogP) is 4.87. The maximum Gasteiger partial charge on any atom is 0.150 e. The Morgan fingerprint density at radius 2 is 1.38 bits per heavy atom. The van der Waals surface area contributed by atoms with Crippen molar-refractivity contribution < 1.29 is 14.9 Å². The smallest absolute Gasteiger partial charge is 0.150 e. The fourth-order valence-electron chi connectivity index (χ4n) is 4.12. The van der Waals surface area contributed by atoms with Gasteiger partial charge in [-0.1, -0.05) is 78.1 Å². The molecule has 0 bridgehead atoms. The highest BCUT2D eigenvalue weighted by molar-refractivity contribution is 4.97. The minimum atomic E-state index is -0.688. The lowest BCUT2D eigenvalue weighted by atomic mass is 10.1. The summed E-state index contributed by atoms with van der Waals surface area (Å²) in [5, 5.41) is 20.7. The highest BCUT2D eigenvalue weighted by Crippen LogP contribution is 2.37. The topological polar surface area (TPSA) is 52.9 Å². The van der Waals surface area contributed by atoms with Crippen molar-refractivity contribution in [2.45, 2.75) is 122 Å². The first-order valence-electron chi connectivity index (χ1n) is 11.3. The lowest BCUT2D eigenvalue weighted by Gasteiger charge is -2.41. The molecule has 26 heavy (non-hydrogen) atoms. The zero-order valence-corrected chi connectivity index (χ0v) is 17.7. The molecule has 2 N–H and O–H groups in total. The zero-order chi connectivity index (χ0) is 19.3. The zero-order valence-electron chi connectivity index (χ0n) is 17.7. The van der Waals surface area contributed by atoms with E-state index < -0.39 is 17.9 Å². The van der Waals surface area contributed by atoms with Crippen LogP contribution in [-0.4, -0.2) is 53.2 Å². The quantitative estimate of drug-likeness (QED) is 0.300. The highest BCUT2D eigenvalue weighted by atomic mass is 16.5. The molecule has 0 aromatic heterocycles. The Morgan fingerprint density at radius 1 is 0.846 bits per heavy atom. The van der Waals surface area contributed by atoms with E-state index in [1.165, 1.54) is 64.2 Å². The van der Waals surface area contributed by atoms with Crippen LogP contribution >= 0.6 is 0 Å². The third-order valence-corrected chi connectivity index (χ3v) is 5.89. The molecule has 1 aliphatic carbocycles. The van der Waals surface area contributed by atoms with Crippen molar-refractivity contribution in [3.05, 3.63) is 0 Å². The van der Waals surface area contributed by atoms with Crippen LogP contribution in [0, 0.1) is 0 Å². The Kier molecular flexibility index (Phi) is 12.8. The number of likely N-dealkylation sites (N-methyl/N-ethyl adjacent to an activating group) is 1. The van der Waals surface area contributed by atoms with E-state index in [-0.39, 0.29) is 0 Å². The van der Waals surface area contributed by atoms with Crippen molar-refractivity contribution in [3.8, 4) is 0 Å². The van der Waals surface area contributed by atoms with Crippen molar-refractivity contribution >= 4 is 0 Å². The second-order valence-corrected chi connectivity index (χ2v) is 8.26. The summed E-state index contributed by atoms with van der Waals surface area (Å²) in [6.45, 7) is 6.07. The van der Waals surface area contributed by atoms with E-state index in [0.29, 0.717) is 19.4 Å². The highest BCUT2D eigenvalue weighted by Gasteiger charge is 2.50. The van der Waals surface area contributed by atoms with Gasteiger partial charge in [0.25, 0.3) is 0 Å². The first kappa shape index (κ1) is 23.9. The van der Waals surface area contributed by atoms with Crippen LogP contribution in [0.25, 0.3) is 0 Å². The number of nitrogens with zero attached hydrogens (tertiary/aromatic N) is 1. The van der Waals surface area contributed by atoms with Gasteiger partial charge in [0.15, 0.2) is 0 Å². The average Bonchev–Trinajstić information content (AvgIpc) is 2.91. The van der Waals surface area contributed by atoms with E-state index in [4.69, 9.17) is 4.74 Å². The van der Waals surface area contributed by atoms with Crippen molar-refractivity contribution in [3.63, 3.8) is 0 Å². The van der Waals surface area contributed by atoms with Crippen LogP contribution in [0.4, 0.5) is 0 Å². The number of unbranched alkanes of at least 4 members (excludes halogenated alkanes) is 10. The van der Waals surface area contributed by atoms with E-state index in [0.717, 1.165) is 19.4 Å². The molecule has 0 saturated heterocycles. The van der Waals surface area contributed by atoms with Crippen LogP contribution in [0.2, 0.25) is 0 Å². The van der Waals surface area contributed by atoms with Crippen LogP contribution in [0.3, 0.4) is 0 Å². The van der Waals surface area contributed by atoms with Crippen LogP contribution in [-0.2, 0) is 4.74 Å². The van der Waals surface area contributed by atoms with Gasteiger partial charge in [-0.3, -0.25) is 4.90 Å². The van der Waals surface area contributed by atoms with Gasteiger partial charge in [0.1, 0.15) is 5.72 Å². The Bertz CT molecular complexity index is 339. The van der Waals surface area contributed by atoms with Crippen molar-refractivity contribution in [1.29, 1.82) is 0 Å². The molecule has 0 unspecified atom stereocenters. The summed E-state index contributed by atoms with van der Waals surface area (Å²) in [7, 11) is 2.05. The van der Waals surface area contributed by atoms with Crippen LogP contribution in [0.1, 0.15) is 104 Å². The molecule has 1 fully saturated rings. The van der Waals surface area contributed by atoms with Crippen molar-refractivity contribution in [2.24, 2.45) is 0 Å². The van der Waals surface area contributed by atoms with Gasteiger partial charge in [-0.25, -0.2) is 0 Å². The summed E-state index contributed by atoms with van der Waals surface area (Å²) >= 11 is 0. The molecule has 4 heteroatoms. The van der Waals surface area contributed by atoms with Gasteiger partial charge < -0.3 is 14.9 Å². The van der Waals surface area contributed by atoms with Gasteiger partial charge in [-0.2, -0.15) is 0 Å². The molecule has 0 aliphatic heterocycles. The summed E-state index contributed by atoms with van der Waals surface area (Å²) in [4.78, 5) is 2.17. The maximum atomic E-state index is 10.6. The average molecular weight is 372 g/mol. The molecule has 0 aromatic rings. The standard InChI is InChI=1S/C22H45NO3/c1-4-6-8-10-11-12-14-16-23(3)22(19-20(24)18-21(22)25)26-17-15-13-9-7-5-2/h20-21,24-25H,4-19H2,1-3H3/t20-,21+,22-/m1/s1. The minimum Gasteiger partial charge on any atom is -0.393 e. The maximum absolute atomic E-state index is 10.6. The van der Waals surface area contributed by atoms with Gasteiger partial charge >= 0.3 is 0 Å². The molecular weight excluding hydrogens is 326 g/mol. The van der Waals surface area contributed by atoms with Crippen LogP contribution in [0.5, 0.6) is 0 Å². The summed E-state index contributed by atoms with van der Waals surface area (Å²) < 4.78 is 6.24. The third-order valence-electron chi connectivity index (χ3n) is 5.89. The van der Waals surface area contributed by atoms with Gasteiger partial charge in [-0.05, 0) is 19.9 Å². The summed E-state index contributed by atoms with van der Waals surface area (Å²) in [5.41, 5.74) is -0.688. The molecular formula is C22H45NO3. The van der Waals surface area contributed by atoms with E-state index in [1.54, 1.807) is 0 Å². The van der Waals surface area contributed by atoms with Gasteiger partial charge in [0, 0.05) is 26.0 Å². The molecule has 0 amide bonds. The molecule has 1 rings (SSSR count). The van der Waals surface area contributed by atoms with Crippen molar-refractivity contribution in [1.82, 2.24) is 4.90 Å². The number of hydrogen-bond acceptors (Lipinski definition) is 4. The van der Waals surface area contributed by atoms with Gasteiger partial charge in [-0.15, -0.1) is 0 Å². The molecule has 1 saturated carbocycles. The predicted molar refractivity (Wildman–Crippen MR) is 109 cm³/mol. The first-order chi connectivity index (χ1) is 12.6. The number of aliphatic hydroxyl groups excluding tert-OH is 2. The van der Waals surface area contributed by atoms with Crippen LogP contribution < -0.4 is 0 Å². The monoisotopic (exact) mass is 371 g/mol. The summed E-state index contributed by atoms with van der Waals surface area (Å²) in [5.74, 6) is 0. The molecule has 0 aromatic carbocycles. The second kappa shape index (κ2) is 13.9. The van der Waals surface area contributed by atoms with Gasteiger partial charge in [0.2, 0.25) is 0 Å². The fourth-order valence-corrected chi connectivity index (χ4v) is 4.12. The van der Waals surface area contributed by atoms with E-state index in [9.17, 15) is 10.2 Å². The lowest BCUT2D eigenvalue weighted by Crippen LogP contribution is -2.54. The van der Waals surface area contributed by atoms with E-state index in [2.05, 4.69) is 25.8 Å².